The van der Waals surface area contributed by atoms with Gasteiger partial charge in [-0.2, -0.15) is 0 Å². The average molecular weight is 324 g/mol. The fourth-order valence-electron chi connectivity index (χ4n) is 3.49. The minimum absolute atomic E-state index is 0.0189. The average Bonchev–Trinajstić information content (AvgIpc) is 3.28. The number of imidazole rings is 1. The Morgan fingerprint density at radius 3 is 2.96 bits per heavy atom. The summed E-state index contributed by atoms with van der Waals surface area (Å²) in [6, 6.07) is 7.98. The summed E-state index contributed by atoms with van der Waals surface area (Å²) in [6.07, 6.45) is 2.26. The highest BCUT2D eigenvalue weighted by Gasteiger charge is 2.32. The quantitative estimate of drug-likeness (QED) is 0.803. The number of rotatable bonds is 3. The molecule has 1 amide bonds. The summed E-state index contributed by atoms with van der Waals surface area (Å²) in [7, 11) is 0. The number of carbonyl (C=O) groups excluding carboxylic acids is 1. The van der Waals surface area contributed by atoms with Crippen molar-refractivity contribution >= 4 is 16.9 Å². The molecule has 0 aliphatic carbocycles. The van der Waals surface area contributed by atoms with Crippen molar-refractivity contribution in [3.05, 3.63) is 47.1 Å². The number of hydrogen-bond acceptors (Lipinski definition) is 4. The summed E-state index contributed by atoms with van der Waals surface area (Å²) in [5.41, 5.74) is 3.64. The van der Waals surface area contributed by atoms with Crippen LogP contribution in [0.1, 0.15) is 41.7 Å². The molecule has 1 aliphatic heterocycles. The van der Waals surface area contributed by atoms with Gasteiger partial charge in [0.15, 0.2) is 0 Å². The number of aryl methyl sites for hydroxylation is 2. The van der Waals surface area contributed by atoms with Crippen molar-refractivity contribution in [2.75, 3.05) is 6.54 Å². The van der Waals surface area contributed by atoms with Crippen LogP contribution in [-0.4, -0.2) is 32.5 Å². The standard InChI is InChI=1S/C18H20N4O2/c1-11-13(12(2)24-21-11)10-17(23)22-9-5-8-16(22)18-19-14-6-3-4-7-15(14)20-18/h3-4,6-7,16H,5,8-10H2,1-2H3,(H,19,20)/t16-/m1/s1. The van der Waals surface area contributed by atoms with Crippen molar-refractivity contribution in [2.24, 2.45) is 0 Å². The van der Waals surface area contributed by atoms with E-state index < -0.39 is 0 Å². The first kappa shape index (κ1) is 14.9. The van der Waals surface area contributed by atoms with E-state index in [1.165, 1.54) is 0 Å². The third-order valence-corrected chi connectivity index (χ3v) is 4.81. The zero-order chi connectivity index (χ0) is 16.7. The number of nitrogens with zero attached hydrogens (tertiary/aromatic N) is 3. The predicted octanol–water partition coefficient (Wildman–Crippen LogP) is 3.07. The van der Waals surface area contributed by atoms with E-state index >= 15 is 0 Å². The molecule has 6 heteroatoms. The largest absolute Gasteiger partial charge is 0.361 e. The monoisotopic (exact) mass is 324 g/mol. The molecule has 3 heterocycles. The van der Waals surface area contributed by atoms with Crippen LogP contribution < -0.4 is 0 Å². The van der Waals surface area contributed by atoms with Gasteiger partial charge in [-0.15, -0.1) is 0 Å². The van der Waals surface area contributed by atoms with Gasteiger partial charge in [-0.1, -0.05) is 17.3 Å². The van der Waals surface area contributed by atoms with Gasteiger partial charge in [-0.05, 0) is 38.8 Å². The van der Waals surface area contributed by atoms with E-state index in [2.05, 4.69) is 15.1 Å². The van der Waals surface area contributed by atoms with Gasteiger partial charge in [0.05, 0.1) is 29.2 Å². The number of para-hydroxylation sites is 2. The van der Waals surface area contributed by atoms with Crippen LogP contribution in [0.2, 0.25) is 0 Å². The van der Waals surface area contributed by atoms with Gasteiger partial charge >= 0.3 is 0 Å². The molecule has 2 aromatic heterocycles. The van der Waals surface area contributed by atoms with E-state index in [4.69, 9.17) is 4.52 Å². The molecule has 1 aromatic carbocycles. The highest BCUT2D eigenvalue weighted by Crippen LogP contribution is 2.32. The van der Waals surface area contributed by atoms with E-state index in [1.54, 1.807) is 0 Å². The molecule has 3 aromatic rings. The fourth-order valence-corrected chi connectivity index (χ4v) is 3.49. The molecule has 1 saturated heterocycles. The van der Waals surface area contributed by atoms with Crippen LogP contribution in [0.25, 0.3) is 11.0 Å². The van der Waals surface area contributed by atoms with E-state index in [1.807, 2.05) is 43.0 Å². The number of amides is 1. The van der Waals surface area contributed by atoms with Crippen molar-refractivity contribution < 1.29 is 9.32 Å². The fraction of sp³-hybridized carbons (Fsp3) is 0.389. The first-order valence-electron chi connectivity index (χ1n) is 8.29. The van der Waals surface area contributed by atoms with Crippen molar-refractivity contribution in [1.29, 1.82) is 0 Å². The van der Waals surface area contributed by atoms with Crippen LogP contribution in [0.4, 0.5) is 0 Å². The summed E-state index contributed by atoms with van der Waals surface area (Å²) in [4.78, 5) is 22.8. The maximum Gasteiger partial charge on any atom is 0.227 e. The summed E-state index contributed by atoms with van der Waals surface area (Å²) in [6.45, 7) is 4.49. The normalized spacial score (nSPS) is 17.8. The SMILES string of the molecule is Cc1noc(C)c1CC(=O)N1CCC[C@@H]1c1nc2ccccc2[nH]1. The van der Waals surface area contributed by atoms with Crippen LogP contribution in [0.5, 0.6) is 0 Å². The highest BCUT2D eigenvalue weighted by molar-refractivity contribution is 5.80. The Kier molecular flexibility index (Phi) is 3.59. The van der Waals surface area contributed by atoms with E-state index in [0.717, 1.165) is 53.3 Å². The first-order chi connectivity index (χ1) is 11.6. The Morgan fingerprint density at radius 1 is 1.38 bits per heavy atom. The molecule has 1 aliphatic rings. The number of nitrogens with one attached hydrogen (secondary N) is 1. The lowest BCUT2D eigenvalue weighted by atomic mass is 10.1. The molecular formula is C18H20N4O2. The molecule has 0 spiro atoms. The zero-order valence-electron chi connectivity index (χ0n) is 13.9. The van der Waals surface area contributed by atoms with E-state index in [0.29, 0.717) is 6.42 Å². The Hall–Kier alpha value is -2.63. The molecule has 1 atom stereocenters. The number of hydrogen-bond donors (Lipinski definition) is 1. The topological polar surface area (TPSA) is 75.0 Å². The maximum atomic E-state index is 12.8. The summed E-state index contributed by atoms with van der Waals surface area (Å²) in [5, 5.41) is 3.94. The maximum absolute atomic E-state index is 12.8. The number of fused-ring (bicyclic) bond motifs is 1. The number of carbonyl (C=O) groups is 1. The smallest absolute Gasteiger partial charge is 0.227 e. The molecule has 0 radical (unpaired) electrons. The molecule has 0 bridgehead atoms. The molecule has 4 rings (SSSR count). The summed E-state index contributed by atoms with van der Waals surface area (Å²) < 4.78 is 5.17. The van der Waals surface area contributed by atoms with Gasteiger partial charge in [-0.3, -0.25) is 4.79 Å². The highest BCUT2D eigenvalue weighted by atomic mass is 16.5. The van der Waals surface area contributed by atoms with E-state index in [-0.39, 0.29) is 11.9 Å². The number of benzene rings is 1. The predicted molar refractivity (Wildman–Crippen MR) is 89.5 cm³/mol. The van der Waals surface area contributed by atoms with Gasteiger partial charge < -0.3 is 14.4 Å². The first-order valence-corrected chi connectivity index (χ1v) is 8.29. The molecule has 6 nitrogen and oxygen atoms in total. The number of likely N-dealkylation sites (tertiary alicyclic amines) is 1. The molecule has 124 valence electrons. The lowest BCUT2D eigenvalue weighted by Gasteiger charge is -2.23. The second-order valence-electron chi connectivity index (χ2n) is 6.36. The third-order valence-electron chi connectivity index (χ3n) is 4.81. The molecule has 1 N–H and O–H groups in total. The third kappa shape index (κ3) is 2.48. The van der Waals surface area contributed by atoms with Crippen molar-refractivity contribution in [3.8, 4) is 0 Å². The second kappa shape index (κ2) is 5.78. The number of H-pyrrole nitrogens is 1. The van der Waals surface area contributed by atoms with Crippen LogP contribution in [0.3, 0.4) is 0 Å². The lowest BCUT2D eigenvalue weighted by Crippen LogP contribution is -2.32. The Labute approximate surface area is 139 Å². The number of aromatic amines is 1. The van der Waals surface area contributed by atoms with Gasteiger partial charge in [0, 0.05) is 12.1 Å². The van der Waals surface area contributed by atoms with Gasteiger partial charge in [0.2, 0.25) is 5.91 Å². The van der Waals surface area contributed by atoms with Crippen LogP contribution in [0.15, 0.2) is 28.8 Å². The van der Waals surface area contributed by atoms with Crippen molar-refractivity contribution in [1.82, 2.24) is 20.0 Å². The van der Waals surface area contributed by atoms with Crippen LogP contribution >= 0.6 is 0 Å². The zero-order valence-corrected chi connectivity index (χ0v) is 13.9. The summed E-state index contributed by atoms with van der Waals surface area (Å²) >= 11 is 0. The lowest BCUT2D eigenvalue weighted by molar-refractivity contribution is -0.131. The molecule has 0 saturated carbocycles. The molecule has 24 heavy (non-hydrogen) atoms. The Balaban J connectivity index is 1.59. The summed E-state index contributed by atoms with van der Waals surface area (Å²) in [5.74, 6) is 1.70. The van der Waals surface area contributed by atoms with Gasteiger partial charge in [0.1, 0.15) is 11.6 Å². The van der Waals surface area contributed by atoms with E-state index in [9.17, 15) is 4.79 Å². The minimum atomic E-state index is 0.0189. The molecular weight excluding hydrogens is 304 g/mol. The van der Waals surface area contributed by atoms with Gasteiger partial charge in [0.25, 0.3) is 0 Å². The van der Waals surface area contributed by atoms with Crippen molar-refractivity contribution in [3.63, 3.8) is 0 Å². The Bertz CT molecular complexity index is 843. The molecule has 0 unspecified atom stereocenters. The van der Waals surface area contributed by atoms with Crippen molar-refractivity contribution in [2.45, 2.75) is 39.2 Å². The van der Waals surface area contributed by atoms with Gasteiger partial charge in [-0.25, -0.2) is 4.98 Å². The Morgan fingerprint density at radius 2 is 2.21 bits per heavy atom. The molecule has 1 fully saturated rings. The number of aromatic nitrogens is 3. The second-order valence-corrected chi connectivity index (χ2v) is 6.36. The minimum Gasteiger partial charge on any atom is -0.361 e. The van der Waals surface area contributed by atoms with Crippen LogP contribution in [-0.2, 0) is 11.2 Å². The van der Waals surface area contributed by atoms with Crippen LogP contribution in [0, 0.1) is 13.8 Å².